The Hall–Kier alpha value is -2.16. The molecule has 3 aromatic rings. The molecule has 0 bridgehead atoms. The molecule has 0 saturated carbocycles. The molecule has 1 atom stereocenters. The molecule has 0 fully saturated rings. The number of aliphatic carboxylic acids is 1. The minimum Gasteiger partial charge on any atom is -0.481 e. The van der Waals surface area contributed by atoms with Crippen LogP contribution in [0.1, 0.15) is 12.0 Å². The smallest absolute Gasteiger partial charge is 0.304 e. The molecule has 25 heavy (non-hydrogen) atoms. The highest BCUT2D eigenvalue weighted by atomic mass is 35.5. The number of thioether (sulfide) groups is 1. The van der Waals surface area contributed by atoms with Gasteiger partial charge in [0.25, 0.3) is 0 Å². The van der Waals surface area contributed by atoms with Gasteiger partial charge in [-0.3, -0.25) is 4.79 Å². The summed E-state index contributed by atoms with van der Waals surface area (Å²) >= 11 is 8.88. The van der Waals surface area contributed by atoms with Gasteiger partial charge in [-0.15, -0.1) is 21.5 Å². The molecule has 1 aromatic carbocycles. The van der Waals surface area contributed by atoms with Crippen LogP contribution in [0.15, 0.2) is 52.0 Å². The molecular formula is C16H11ClN4O2S2. The second-order valence-corrected chi connectivity index (χ2v) is 7.85. The second-order valence-electron chi connectivity index (χ2n) is 5.29. The first-order chi connectivity index (χ1) is 12.1. The van der Waals surface area contributed by atoms with Crippen molar-refractivity contribution >= 4 is 46.4 Å². The normalized spacial score (nSPS) is 16.4. The number of hydrogen-bond donors (Lipinski definition) is 1. The fourth-order valence-electron chi connectivity index (χ4n) is 2.50. The average molecular weight is 391 g/mol. The molecule has 2 aromatic heterocycles. The average Bonchev–Trinajstić information content (AvgIpc) is 3.23. The zero-order valence-electron chi connectivity index (χ0n) is 12.7. The van der Waals surface area contributed by atoms with E-state index >= 15 is 0 Å². The maximum Gasteiger partial charge on any atom is 0.304 e. The fraction of sp³-hybridized carbons (Fsp3) is 0.125. The molecule has 9 heteroatoms. The largest absolute Gasteiger partial charge is 0.481 e. The van der Waals surface area contributed by atoms with Gasteiger partial charge < -0.3 is 5.11 Å². The van der Waals surface area contributed by atoms with Crippen LogP contribution in [-0.2, 0) is 4.79 Å². The van der Waals surface area contributed by atoms with Crippen molar-refractivity contribution < 1.29 is 9.90 Å². The first-order valence-corrected chi connectivity index (χ1v) is 9.48. The number of fused-ring (bicyclic) bond motifs is 1. The minimum absolute atomic E-state index is 0.0483. The van der Waals surface area contributed by atoms with Crippen molar-refractivity contribution in [3.05, 3.63) is 52.4 Å². The Morgan fingerprint density at radius 1 is 1.24 bits per heavy atom. The monoisotopic (exact) mass is 390 g/mol. The van der Waals surface area contributed by atoms with Crippen LogP contribution in [0.2, 0.25) is 5.02 Å². The van der Waals surface area contributed by atoms with Gasteiger partial charge in [0.2, 0.25) is 5.16 Å². The summed E-state index contributed by atoms with van der Waals surface area (Å²) in [6, 6.07) is 11.1. The third-order valence-corrected chi connectivity index (χ3v) is 5.87. The van der Waals surface area contributed by atoms with Gasteiger partial charge in [-0.2, -0.15) is 9.78 Å². The van der Waals surface area contributed by atoms with Crippen LogP contribution < -0.4 is 0 Å². The zero-order chi connectivity index (χ0) is 17.4. The lowest BCUT2D eigenvalue weighted by atomic mass is 10.1. The van der Waals surface area contributed by atoms with Gasteiger partial charge in [0.1, 0.15) is 0 Å². The molecule has 0 spiro atoms. The second kappa shape index (κ2) is 6.62. The SMILES string of the molecule is O=C(O)CC1Sc2nnc(-c3cccs3)n2N=C1c1ccc(Cl)cc1. The van der Waals surface area contributed by atoms with Crippen LogP contribution in [0.5, 0.6) is 0 Å². The summed E-state index contributed by atoms with van der Waals surface area (Å²) in [4.78, 5) is 12.2. The summed E-state index contributed by atoms with van der Waals surface area (Å²) in [5, 5.41) is 25.2. The van der Waals surface area contributed by atoms with Gasteiger partial charge in [0.05, 0.1) is 22.3 Å². The van der Waals surface area contributed by atoms with E-state index in [1.807, 2.05) is 29.6 Å². The molecule has 1 unspecified atom stereocenters. The number of carboxylic acids is 1. The van der Waals surface area contributed by atoms with E-state index in [-0.39, 0.29) is 11.7 Å². The van der Waals surface area contributed by atoms with Crippen LogP contribution in [0.4, 0.5) is 0 Å². The third-order valence-electron chi connectivity index (χ3n) is 3.61. The highest BCUT2D eigenvalue weighted by molar-refractivity contribution is 8.00. The van der Waals surface area contributed by atoms with Crippen LogP contribution in [0.3, 0.4) is 0 Å². The first-order valence-electron chi connectivity index (χ1n) is 7.34. The molecule has 0 saturated heterocycles. The topological polar surface area (TPSA) is 80.4 Å². The summed E-state index contributed by atoms with van der Waals surface area (Å²) in [6.07, 6.45) is -0.0483. The number of halogens is 1. The van der Waals surface area contributed by atoms with Crippen LogP contribution in [-0.4, -0.2) is 36.9 Å². The van der Waals surface area contributed by atoms with Gasteiger partial charge in [-0.25, -0.2) is 0 Å². The predicted octanol–water partition coefficient (Wildman–Crippen LogP) is 3.86. The summed E-state index contributed by atoms with van der Waals surface area (Å²) in [5.41, 5.74) is 1.51. The number of rotatable bonds is 4. The minimum atomic E-state index is -0.884. The molecule has 4 rings (SSSR count). The summed E-state index contributed by atoms with van der Waals surface area (Å²) in [6.45, 7) is 0. The lowest BCUT2D eigenvalue weighted by Crippen LogP contribution is -2.27. The summed E-state index contributed by atoms with van der Waals surface area (Å²) in [7, 11) is 0. The number of benzene rings is 1. The number of carbonyl (C=O) groups is 1. The van der Waals surface area contributed by atoms with E-state index in [2.05, 4.69) is 15.3 Å². The van der Waals surface area contributed by atoms with Crippen molar-refractivity contribution in [2.24, 2.45) is 5.10 Å². The Bertz CT molecular complexity index is 951. The molecule has 6 nitrogen and oxygen atoms in total. The molecular weight excluding hydrogens is 380 g/mol. The van der Waals surface area contributed by atoms with Gasteiger partial charge in [-0.05, 0) is 29.1 Å². The predicted molar refractivity (Wildman–Crippen MR) is 98.6 cm³/mol. The molecule has 0 radical (unpaired) electrons. The molecule has 0 amide bonds. The number of aromatic nitrogens is 3. The molecule has 1 aliphatic heterocycles. The summed E-state index contributed by atoms with van der Waals surface area (Å²) in [5.74, 6) is -0.233. The van der Waals surface area contributed by atoms with E-state index in [0.29, 0.717) is 21.7 Å². The Kier molecular flexibility index (Phi) is 4.32. The molecule has 1 aliphatic rings. The molecule has 1 N–H and O–H groups in total. The summed E-state index contributed by atoms with van der Waals surface area (Å²) < 4.78 is 1.68. The van der Waals surface area contributed by atoms with Gasteiger partial charge in [0.15, 0.2) is 5.82 Å². The quantitative estimate of drug-likeness (QED) is 0.731. The Morgan fingerprint density at radius 2 is 2.04 bits per heavy atom. The third kappa shape index (κ3) is 3.20. The molecule has 126 valence electrons. The lowest BCUT2D eigenvalue weighted by Gasteiger charge is -2.21. The van der Waals surface area contributed by atoms with Gasteiger partial charge >= 0.3 is 5.97 Å². The maximum absolute atomic E-state index is 11.3. The van der Waals surface area contributed by atoms with Crippen molar-refractivity contribution in [1.29, 1.82) is 0 Å². The van der Waals surface area contributed by atoms with Crippen molar-refractivity contribution in [2.75, 3.05) is 0 Å². The Balaban J connectivity index is 1.82. The first kappa shape index (κ1) is 16.3. The van der Waals surface area contributed by atoms with Crippen LogP contribution in [0, 0.1) is 0 Å². The Labute approximate surface area is 156 Å². The van der Waals surface area contributed by atoms with E-state index < -0.39 is 5.97 Å². The van der Waals surface area contributed by atoms with Crippen LogP contribution >= 0.6 is 34.7 Å². The van der Waals surface area contributed by atoms with Crippen molar-refractivity contribution in [3.63, 3.8) is 0 Å². The van der Waals surface area contributed by atoms with Gasteiger partial charge in [0, 0.05) is 5.02 Å². The van der Waals surface area contributed by atoms with E-state index in [4.69, 9.17) is 11.6 Å². The van der Waals surface area contributed by atoms with Crippen molar-refractivity contribution in [2.45, 2.75) is 16.8 Å². The van der Waals surface area contributed by atoms with Crippen LogP contribution in [0.25, 0.3) is 10.7 Å². The highest BCUT2D eigenvalue weighted by Gasteiger charge is 2.31. The molecule has 0 aliphatic carbocycles. The fourth-order valence-corrected chi connectivity index (χ4v) is 4.41. The zero-order valence-corrected chi connectivity index (χ0v) is 15.1. The van der Waals surface area contributed by atoms with E-state index in [1.54, 1.807) is 28.1 Å². The van der Waals surface area contributed by atoms with E-state index in [9.17, 15) is 9.90 Å². The number of nitrogens with zero attached hydrogens (tertiary/aromatic N) is 4. The number of hydrogen-bond acceptors (Lipinski definition) is 6. The van der Waals surface area contributed by atoms with Gasteiger partial charge in [-0.1, -0.05) is 41.6 Å². The number of carboxylic acid groups (broad SMARTS) is 1. The Morgan fingerprint density at radius 3 is 2.72 bits per heavy atom. The lowest BCUT2D eigenvalue weighted by molar-refractivity contribution is -0.136. The van der Waals surface area contributed by atoms with Crippen molar-refractivity contribution in [1.82, 2.24) is 14.9 Å². The van der Waals surface area contributed by atoms with E-state index in [1.165, 1.54) is 11.8 Å². The van der Waals surface area contributed by atoms with Crippen molar-refractivity contribution in [3.8, 4) is 10.7 Å². The maximum atomic E-state index is 11.3. The molecule has 3 heterocycles. The number of thiophene rings is 1. The van der Waals surface area contributed by atoms with E-state index in [0.717, 1.165) is 10.4 Å². The highest BCUT2D eigenvalue weighted by Crippen LogP contribution is 2.35. The standard InChI is InChI=1S/C16H11ClN4O2S2/c17-10-5-3-9(4-6-10)14-12(8-13(22)23)25-16-19-18-15(21(16)20-14)11-2-1-7-24-11/h1-7,12H,8H2,(H,22,23).